The Morgan fingerprint density at radius 2 is 1.79 bits per heavy atom. The summed E-state index contributed by atoms with van der Waals surface area (Å²) in [4.78, 5) is 16.4. The first-order valence-electron chi connectivity index (χ1n) is 9.78. The molecule has 1 N–H and O–H groups in total. The van der Waals surface area contributed by atoms with E-state index in [1.807, 2.05) is 6.07 Å². The second-order valence-corrected chi connectivity index (χ2v) is 8.10. The van der Waals surface area contributed by atoms with E-state index in [-0.39, 0.29) is 17.3 Å². The molecule has 1 aromatic heterocycles. The van der Waals surface area contributed by atoms with Crippen LogP contribution in [0.5, 0.6) is 0 Å². The predicted octanol–water partition coefficient (Wildman–Crippen LogP) is 6.47. The zero-order chi connectivity index (χ0) is 20.4. The van der Waals surface area contributed by atoms with Crippen LogP contribution >= 0.6 is 11.6 Å². The fraction of sp³-hybridized carbons (Fsp3) is 0.304. The molecule has 2 aromatic carbocycles. The second kappa shape index (κ2) is 8.46. The molecule has 1 saturated carbocycles. The number of aromatic nitrogens is 1. The van der Waals surface area contributed by atoms with Crippen molar-refractivity contribution in [2.24, 2.45) is 5.92 Å². The average molecular weight is 415 g/mol. The van der Waals surface area contributed by atoms with Crippen molar-refractivity contribution in [3.8, 4) is 0 Å². The number of hydrogen-bond donors (Lipinski definition) is 1. The minimum absolute atomic E-state index is 0.00530. The molecule has 1 aliphatic rings. The average Bonchev–Trinajstić information content (AvgIpc) is 2.70. The minimum atomic E-state index is -0.630. The number of carbonyl (C=O) groups excluding carboxylic acids is 1. The summed E-state index contributed by atoms with van der Waals surface area (Å²) in [5.74, 6) is -0.696. The highest BCUT2D eigenvalue weighted by molar-refractivity contribution is 6.30. The molecular formula is C23H21ClF2N2O. The quantitative estimate of drug-likeness (QED) is 0.531. The van der Waals surface area contributed by atoms with Crippen LogP contribution in [0.4, 0.5) is 14.5 Å². The molecule has 0 unspecified atom stereocenters. The third kappa shape index (κ3) is 4.56. The molecule has 6 heteroatoms. The van der Waals surface area contributed by atoms with Crippen LogP contribution in [-0.2, 0) is 4.79 Å². The Labute approximate surface area is 173 Å². The molecule has 3 nitrogen and oxygen atoms in total. The summed E-state index contributed by atoms with van der Waals surface area (Å²) in [6.45, 7) is 0. The van der Waals surface area contributed by atoms with E-state index in [1.54, 1.807) is 30.5 Å². The summed E-state index contributed by atoms with van der Waals surface area (Å²) in [6, 6.07) is 11.1. The number of carbonyl (C=O) groups is 1. The maximum Gasteiger partial charge on any atom is 0.224 e. The van der Waals surface area contributed by atoms with Gasteiger partial charge in [0.05, 0.1) is 0 Å². The fourth-order valence-electron chi connectivity index (χ4n) is 4.24. The van der Waals surface area contributed by atoms with Gasteiger partial charge in [-0.15, -0.1) is 0 Å². The lowest BCUT2D eigenvalue weighted by atomic mass is 9.77. The topological polar surface area (TPSA) is 42.0 Å². The number of hydrogen-bond acceptors (Lipinski definition) is 2. The van der Waals surface area contributed by atoms with Crippen LogP contribution in [0.3, 0.4) is 0 Å². The van der Waals surface area contributed by atoms with Crippen molar-refractivity contribution >= 4 is 34.1 Å². The Morgan fingerprint density at radius 3 is 2.52 bits per heavy atom. The number of pyridine rings is 1. The van der Waals surface area contributed by atoms with Gasteiger partial charge in [-0.3, -0.25) is 9.78 Å². The summed E-state index contributed by atoms with van der Waals surface area (Å²) >= 11 is 5.86. The summed E-state index contributed by atoms with van der Waals surface area (Å²) in [5, 5.41) is 4.09. The number of benzene rings is 2. The van der Waals surface area contributed by atoms with Gasteiger partial charge in [0.25, 0.3) is 0 Å². The molecule has 29 heavy (non-hydrogen) atoms. The Balaban J connectivity index is 1.39. The van der Waals surface area contributed by atoms with Crippen LogP contribution < -0.4 is 5.32 Å². The Morgan fingerprint density at radius 1 is 1.07 bits per heavy atom. The van der Waals surface area contributed by atoms with Gasteiger partial charge >= 0.3 is 0 Å². The van der Waals surface area contributed by atoms with Crippen LogP contribution in [0.15, 0.2) is 48.7 Å². The SMILES string of the molecule is O=C(C[C@H]1CC[C@@H](c2ccnc3c(F)cc(F)cc32)CC1)Nc1ccc(Cl)cc1. The van der Waals surface area contributed by atoms with Crippen molar-refractivity contribution in [1.29, 1.82) is 0 Å². The summed E-state index contributed by atoms with van der Waals surface area (Å²) in [5.41, 5.74) is 1.89. The van der Waals surface area contributed by atoms with Gasteiger partial charge in [-0.25, -0.2) is 8.78 Å². The first kappa shape index (κ1) is 19.8. The normalized spacial score (nSPS) is 19.3. The monoisotopic (exact) mass is 414 g/mol. The third-order valence-corrected chi connectivity index (χ3v) is 5.94. The Kier molecular flexibility index (Phi) is 5.76. The van der Waals surface area contributed by atoms with Gasteiger partial charge in [-0.05, 0) is 79.5 Å². The zero-order valence-electron chi connectivity index (χ0n) is 15.8. The van der Waals surface area contributed by atoms with E-state index in [4.69, 9.17) is 11.6 Å². The first-order chi connectivity index (χ1) is 14.0. The number of fused-ring (bicyclic) bond motifs is 1. The lowest BCUT2D eigenvalue weighted by Gasteiger charge is -2.29. The predicted molar refractivity (Wildman–Crippen MR) is 111 cm³/mol. The number of anilines is 1. The van der Waals surface area contributed by atoms with E-state index in [1.165, 1.54) is 6.07 Å². The number of nitrogens with zero attached hydrogens (tertiary/aromatic N) is 1. The van der Waals surface area contributed by atoms with E-state index in [0.717, 1.165) is 43.0 Å². The molecule has 0 aliphatic heterocycles. The van der Waals surface area contributed by atoms with E-state index in [0.29, 0.717) is 22.7 Å². The summed E-state index contributed by atoms with van der Waals surface area (Å²) < 4.78 is 27.8. The van der Waals surface area contributed by atoms with Crippen LogP contribution in [-0.4, -0.2) is 10.9 Å². The Hall–Kier alpha value is -2.53. The first-order valence-corrected chi connectivity index (χ1v) is 10.2. The van der Waals surface area contributed by atoms with Crippen molar-refractivity contribution in [2.75, 3.05) is 5.32 Å². The lowest BCUT2D eigenvalue weighted by molar-refractivity contribution is -0.117. The van der Waals surface area contributed by atoms with Crippen molar-refractivity contribution in [1.82, 2.24) is 4.98 Å². The molecule has 0 radical (unpaired) electrons. The molecule has 0 atom stereocenters. The van der Waals surface area contributed by atoms with E-state index in [2.05, 4.69) is 10.3 Å². The van der Waals surface area contributed by atoms with Gasteiger partial charge in [0.15, 0.2) is 5.82 Å². The van der Waals surface area contributed by atoms with Crippen molar-refractivity contribution in [3.63, 3.8) is 0 Å². The molecule has 1 fully saturated rings. The smallest absolute Gasteiger partial charge is 0.224 e. The molecule has 0 spiro atoms. The van der Waals surface area contributed by atoms with Gasteiger partial charge in [0.1, 0.15) is 11.3 Å². The van der Waals surface area contributed by atoms with Gasteiger partial charge in [-0.2, -0.15) is 0 Å². The third-order valence-electron chi connectivity index (χ3n) is 5.69. The number of amides is 1. The standard InChI is InChI=1S/C23H21ClF2N2O/c24-16-5-7-18(8-6-16)28-22(29)11-14-1-3-15(4-2-14)19-9-10-27-23-20(19)12-17(25)13-21(23)26/h5-10,12-15H,1-4,11H2,(H,28,29)/t14-,15+. The number of rotatable bonds is 4. The molecule has 1 aliphatic carbocycles. The van der Waals surface area contributed by atoms with Crippen molar-refractivity contribution in [3.05, 3.63) is 70.9 Å². The summed E-state index contributed by atoms with van der Waals surface area (Å²) in [6.07, 6.45) is 5.63. The molecule has 4 rings (SSSR count). The van der Waals surface area contributed by atoms with Gasteiger partial charge < -0.3 is 5.32 Å². The highest BCUT2D eigenvalue weighted by Crippen LogP contribution is 2.39. The molecule has 3 aromatic rings. The van der Waals surface area contributed by atoms with E-state index < -0.39 is 11.6 Å². The molecule has 0 saturated heterocycles. The molecule has 150 valence electrons. The maximum absolute atomic E-state index is 14.0. The van der Waals surface area contributed by atoms with Crippen LogP contribution in [0.1, 0.15) is 43.6 Å². The van der Waals surface area contributed by atoms with Gasteiger partial charge in [0.2, 0.25) is 5.91 Å². The van der Waals surface area contributed by atoms with E-state index in [9.17, 15) is 13.6 Å². The molecule has 0 bridgehead atoms. The molecule has 1 heterocycles. The van der Waals surface area contributed by atoms with Gasteiger partial charge in [-0.1, -0.05) is 11.6 Å². The molecular weight excluding hydrogens is 394 g/mol. The number of nitrogens with one attached hydrogen (secondary N) is 1. The Bertz CT molecular complexity index is 1030. The number of halogens is 3. The zero-order valence-corrected chi connectivity index (χ0v) is 16.6. The van der Waals surface area contributed by atoms with Crippen molar-refractivity contribution < 1.29 is 13.6 Å². The maximum atomic E-state index is 14.0. The van der Waals surface area contributed by atoms with Crippen LogP contribution in [0.25, 0.3) is 10.9 Å². The van der Waals surface area contributed by atoms with Gasteiger partial charge in [0, 0.05) is 34.8 Å². The highest BCUT2D eigenvalue weighted by Gasteiger charge is 2.26. The second-order valence-electron chi connectivity index (χ2n) is 7.66. The fourth-order valence-corrected chi connectivity index (χ4v) is 4.37. The minimum Gasteiger partial charge on any atom is -0.326 e. The molecule has 1 amide bonds. The summed E-state index contributed by atoms with van der Waals surface area (Å²) in [7, 11) is 0. The van der Waals surface area contributed by atoms with E-state index >= 15 is 0 Å². The van der Waals surface area contributed by atoms with Crippen molar-refractivity contribution in [2.45, 2.75) is 38.0 Å². The van der Waals surface area contributed by atoms with Crippen LogP contribution in [0, 0.1) is 17.6 Å². The lowest BCUT2D eigenvalue weighted by Crippen LogP contribution is -2.20. The van der Waals surface area contributed by atoms with Crippen LogP contribution in [0.2, 0.25) is 5.02 Å². The highest BCUT2D eigenvalue weighted by atomic mass is 35.5. The largest absolute Gasteiger partial charge is 0.326 e.